The van der Waals surface area contributed by atoms with Crippen molar-refractivity contribution in [2.24, 2.45) is 0 Å². The van der Waals surface area contributed by atoms with E-state index >= 15 is 0 Å². The van der Waals surface area contributed by atoms with Crippen LogP contribution in [0.3, 0.4) is 0 Å². The van der Waals surface area contributed by atoms with Crippen LogP contribution in [0.5, 0.6) is 0 Å². The lowest BCUT2D eigenvalue weighted by Gasteiger charge is -2.17. The molecule has 0 radical (unpaired) electrons. The number of carbonyl (C=O) groups excluding carboxylic acids is 1. The molecule has 41 heavy (non-hydrogen) atoms. The Morgan fingerprint density at radius 3 is 2.15 bits per heavy atom. The number of esters is 1. The summed E-state index contributed by atoms with van der Waals surface area (Å²) in [5.74, 6) is 1.10. The Bertz CT molecular complexity index is 1400. The zero-order valence-corrected chi connectivity index (χ0v) is 25.2. The summed E-state index contributed by atoms with van der Waals surface area (Å²) >= 11 is 0. The molecule has 0 amide bonds. The van der Waals surface area contributed by atoms with Gasteiger partial charge in [0.1, 0.15) is 5.76 Å². The van der Waals surface area contributed by atoms with Gasteiger partial charge >= 0.3 is 5.97 Å². The van der Waals surface area contributed by atoms with Crippen molar-refractivity contribution in [2.45, 2.75) is 66.2 Å². The van der Waals surface area contributed by atoms with E-state index in [2.05, 4.69) is 60.1 Å². The van der Waals surface area contributed by atoms with Crippen molar-refractivity contribution in [1.29, 1.82) is 0 Å². The van der Waals surface area contributed by atoms with Crippen molar-refractivity contribution in [3.05, 3.63) is 132 Å². The number of benzene rings is 3. The zero-order valence-electron chi connectivity index (χ0n) is 25.2. The number of ether oxygens (including phenoxy) is 1. The summed E-state index contributed by atoms with van der Waals surface area (Å²) in [4.78, 5) is 17.6. The van der Waals surface area contributed by atoms with E-state index < -0.39 is 0 Å². The van der Waals surface area contributed by atoms with Gasteiger partial charge in [0.15, 0.2) is 0 Å². The maximum atomic E-state index is 12.9. The number of nitrogens with zero attached hydrogens (tertiary/aromatic N) is 1. The molecule has 0 saturated carbocycles. The lowest BCUT2D eigenvalue weighted by molar-refractivity contribution is -0.144. The highest BCUT2D eigenvalue weighted by atomic mass is 16.5. The quantitative estimate of drug-likeness (QED) is 0.138. The first-order valence-corrected chi connectivity index (χ1v) is 14.5. The van der Waals surface area contributed by atoms with Gasteiger partial charge in [-0.1, -0.05) is 91.0 Å². The highest BCUT2D eigenvalue weighted by Crippen LogP contribution is 2.27. The summed E-state index contributed by atoms with van der Waals surface area (Å²) in [5, 5.41) is 0. The Balaban J connectivity index is 0.00000147. The molecule has 0 aliphatic heterocycles. The van der Waals surface area contributed by atoms with Crippen LogP contribution in [-0.4, -0.2) is 17.6 Å². The number of oxazole rings is 1. The predicted octanol–water partition coefficient (Wildman–Crippen LogP) is 9.33. The van der Waals surface area contributed by atoms with Crippen LogP contribution in [0.4, 0.5) is 0 Å². The molecule has 214 valence electrons. The van der Waals surface area contributed by atoms with Crippen LogP contribution in [0.1, 0.15) is 74.1 Å². The number of hydrogen-bond acceptors (Lipinski definition) is 4. The first-order chi connectivity index (χ1) is 19.9. The smallest absolute Gasteiger partial charge is 0.313 e. The molecular weight excluding hydrogens is 506 g/mol. The van der Waals surface area contributed by atoms with Gasteiger partial charge in [-0.15, -0.1) is 6.58 Å². The highest BCUT2D eigenvalue weighted by Gasteiger charge is 2.22. The summed E-state index contributed by atoms with van der Waals surface area (Å²) < 4.78 is 11.2. The summed E-state index contributed by atoms with van der Waals surface area (Å²) in [6.45, 7) is 13.5. The summed E-state index contributed by atoms with van der Waals surface area (Å²) in [7, 11) is 0. The molecule has 0 spiro atoms. The topological polar surface area (TPSA) is 52.3 Å². The first kappa shape index (κ1) is 31.3. The molecule has 0 aliphatic rings. The van der Waals surface area contributed by atoms with Crippen molar-refractivity contribution >= 4 is 11.5 Å². The number of hydrogen-bond donors (Lipinski definition) is 0. The second kappa shape index (κ2) is 16.2. The lowest BCUT2D eigenvalue weighted by atomic mass is 9.90. The second-order valence-electron chi connectivity index (χ2n) is 10.1. The Kier molecular flexibility index (Phi) is 12.4. The van der Waals surface area contributed by atoms with Crippen LogP contribution in [0.25, 0.3) is 16.7 Å². The van der Waals surface area contributed by atoms with Gasteiger partial charge < -0.3 is 9.15 Å². The average molecular weight is 550 g/mol. The number of aromatic nitrogens is 1. The fourth-order valence-corrected chi connectivity index (χ4v) is 4.61. The van der Waals surface area contributed by atoms with E-state index in [1.165, 1.54) is 5.56 Å². The van der Waals surface area contributed by atoms with Crippen LogP contribution >= 0.6 is 0 Å². The van der Waals surface area contributed by atoms with Crippen LogP contribution in [0.15, 0.2) is 102 Å². The molecule has 1 atom stereocenters. The lowest BCUT2D eigenvalue weighted by Crippen LogP contribution is -2.18. The van der Waals surface area contributed by atoms with Crippen molar-refractivity contribution in [3.63, 3.8) is 0 Å². The first-order valence-electron chi connectivity index (χ1n) is 14.5. The minimum atomic E-state index is -0.337. The summed E-state index contributed by atoms with van der Waals surface area (Å²) in [6, 6.07) is 27.1. The molecule has 1 aromatic heterocycles. The van der Waals surface area contributed by atoms with Crippen molar-refractivity contribution in [3.8, 4) is 11.1 Å². The van der Waals surface area contributed by atoms with Gasteiger partial charge in [-0.2, -0.15) is 0 Å². The number of allylic oxidation sites excluding steroid dienone is 3. The fourth-order valence-electron chi connectivity index (χ4n) is 4.61. The van der Waals surface area contributed by atoms with Gasteiger partial charge in [0.25, 0.3) is 0 Å². The van der Waals surface area contributed by atoms with Crippen LogP contribution in [0, 0.1) is 6.92 Å². The molecule has 0 aliphatic carbocycles. The molecular formula is C37H43NO3. The molecule has 0 N–H and O–H groups in total. The monoisotopic (exact) mass is 549 g/mol. The number of aryl methyl sites for hydroxylation is 3. The third kappa shape index (κ3) is 9.18. The van der Waals surface area contributed by atoms with Crippen molar-refractivity contribution in [2.75, 3.05) is 6.61 Å². The zero-order chi connectivity index (χ0) is 29.6. The van der Waals surface area contributed by atoms with Crippen LogP contribution in [-0.2, 0) is 28.8 Å². The van der Waals surface area contributed by atoms with Gasteiger partial charge in [0, 0.05) is 5.57 Å². The Labute approximate surface area is 245 Å². The van der Waals surface area contributed by atoms with Crippen molar-refractivity contribution in [1.82, 2.24) is 4.98 Å². The molecule has 0 fully saturated rings. The standard InChI is InChI=1S/C34H37NO3.C3H6/c1-5-24(3)33-35-32(25(4)38-33)14-10-11-26-15-17-27(18-16-26)23-31(34(36)37-6-2)30-21-19-29(20-22-30)28-12-8-7-9-13-28;1-3-2/h5,7-9,12-13,15-22,31H,6,10-11,14,23H2,1-4H3;3H,1H2,2H3/b24-5+;. The Morgan fingerprint density at radius 2 is 1.54 bits per heavy atom. The van der Waals surface area contributed by atoms with E-state index in [0.717, 1.165) is 64.4 Å². The third-order valence-electron chi connectivity index (χ3n) is 7.00. The summed E-state index contributed by atoms with van der Waals surface area (Å²) in [5.41, 5.74) is 7.77. The molecule has 0 saturated heterocycles. The van der Waals surface area contributed by atoms with Crippen LogP contribution in [0.2, 0.25) is 0 Å². The minimum Gasteiger partial charge on any atom is -0.466 e. The minimum absolute atomic E-state index is 0.181. The van der Waals surface area contributed by atoms with E-state index in [1.807, 2.05) is 71.0 Å². The van der Waals surface area contributed by atoms with Gasteiger partial charge in [0.2, 0.25) is 5.89 Å². The van der Waals surface area contributed by atoms with Crippen LogP contribution < -0.4 is 0 Å². The second-order valence-corrected chi connectivity index (χ2v) is 10.1. The van der Waals surface area contributed by atoms with Gasteiger partial charge in [0.05, 0.1) is 18.2 Å². The summed E-state index contributed by atoms with van der Waals surface area (Å²) in [6.07, 6.45) is 7.23. The van der Waals surface area contributed by atoms with Gasteiger partial charge in [-0.05, 0) is 88.1 Å². The maximum absolute atomic E-state index is 12.9. The molecule has 4 rings (SSSR count). The van der Waals surface area contributed by atoms with E-state index in [-0.39, 0.29) is 11.9 Å². The normalized spacial score (nSPS) is 11.8. The van der Waals surface area contributed by atoms with Gasteiger partial charge in [-0.25, -0.2) is 4.98 Å². The average Bonchev–Trinajstić information content (AvgIpc) is 3.37. The molecule has 4 heteroatoms. The SMILES string of the molecule is C/C=C(\C)c1nc(CCCc2ccc(CC(C(=O)OCC)c3ccc(-c4ccccc4)cc3)cc2)c(C)o1.C=CC. The molecule has 3 aromatic carbocycles. The van der Waals surface area contributed by atoms with E-state index in [1.54, 1.807) is 6.08 Å². The number of rotatable bonds is 11. The molecule has 1 unspecified atom stereocenters. The predicted molar refractivity (Wildman–Crippen MR) is 170 cm³/mol. The third-order valence-corrected chi connectivity index (χ3v) is 7.00. The molecule has 4 aromatic rings. The van der Waals surface area contributed by atoms with Gasteiger partial charge in [-0.3, -0.25) is 4.79 Å². The molecule has 0 bridgehead atoms. The largest absolute Gasteiger partial charge is 0.466 e. The molecule has 4 nitrogen and oxygen atoms in total. The molecule has 1 heterocycles. The fraction of sp³-hybridized carbons (Fsp3) is 0.297. The van der Waals surface area contributed by atoms with E-state index in [0.29, 0.717) is 13.0 Å². The van der Waals surface area contributed by atoms with Crippen molar-refractivity contribution < 1.29 is 13.9 Å². The Morgan fingerprint density at radius 1 is 0.927 bits per heavy atom. The Hall–Kier alpha value is -4.18. The van der Waals surface area contributed by atoms with E-state index in [4.69, 9.17) is 9.15 Å². The van der Waals surface area contributed by atoms with E-state index in [9.17, 15) is 4.79 Å². The maximum Gasteiger partial charge on any atom is 0.313 e. The highest BCUT2D eigenvalue weighted by molar-refractivity contribution is 5.79. The number of carbonyl (C=O) groups is 1.